The summed E-state index contributed by atoms with van der Waals surface area (Å²) in [5.74, 6) is -0.607. The molecule has 1 atom stereocenters. The van der Waals surface area contributed by atoms with E-state index in [2.05, 4.69) is 0 Å². The molecule has 0 aromatic rings. The van der Waals surface area contributed by atoms with E-state index in [1.54, 1.807) is 0 Å². The van der Waals surface area contributed by atoms with Crippen molar-refractivity contribution in [2.75, 3.05) is 46.2 Å². The molecule has 7 heteroatoms. The SMILES string of the molecule is OCC1CCCCCCCCCCCCCCCCCCCCCCCCCCCCCCCCCCCCC(CO)(CO)C(CO)(CO)C1(CO)CO. The van der Waals surface area contributed by atoms with E-state index in [-0.39, 0.29) is 6.61 Å². The van der Waals surface area contributed by atoms with Crippen molar-refractivity contribution >= 4 is 0 Å². The number of aliphatic hydroxyl groups is 7. The Kier molecular flexibility index (Phi) is 33.3. The summed E-state index contributed by atoms with van der Waals surface area (Å²) in [6.45, 7) is -3.70. The second-order valence-electron chi connectivity index (χ2n) is 17.9. The summed E-state index contributed by atoms with van der Waals surface area (Å²) in [5.41, 5.74) is -4.40. The molecule has 0 aromatic carbocycles. The lowest BCUT2D eigenvalue weighted by molar-refractivity contribution is -0.234. The molecule has 0 aromatic heterocycles. The molecule has 0 saturated heterocycles. The molecule has 1 aliphatic rings. The lowest BCUT2D eigenvalue weighted by atomic mass is 9.46. The van der Waals surface area contributed by atoms with Crippen LogP contribution < -0.4 is 0 Å². The van der Waals surface area contributed by atoms with Crippen LogP contribution >= 0.6 is 0 Å². The van der Waals surface area contributed by atoms with E-state index in [1.165, 1.54) is 173 Å². The van der Waals surface area contributed by atoms with Gasteiger partial charge in [-0.25, -0.2) is 0 Å². The number of aliphatic hydroxyl groups excluding tert-OH is 7. The van der Waals surface area contributed by atoms with Crippen LogP contribution in [0.3, 0.4) is 0 Å². The van der Waals surface area contributed by atoms with Gasteiger partial charge in [0.15, 0.2) is 0 Å². The fraction of sp³-hybridized carbons (Fsp3) is 1.00. The van der Waals surface area contributed by atoms with Crippen LogP contribution in [0.25, 0.3) is 0 Å². The van der Waals surface area contributed by atoms with Crippen molar-refractivity contribution in [3.05, 3.63) is 0 Å². The summed E-state index contributed by atoms with van der Waals surface area (Å²) in [6, 6.07) is 0. The number of hydrogen-bond acceptors (Lipinski definition) is 7. The molecule has 0 heterocycles. The molecule has 7 N–H and O–H groups in total. The van der Waals surface area contributed by atoms with Crippen LogP contribution in [0.2, 0.25) is 0 Å². The predicted molar refractivity (Wildman–Crippen MR) is 227 cm³/mol. The van der Waals surface area contributed by atoms with E-state index >= 15 is 0 Å². The molecule has 1 unspecified atom stereocenters. The zero-order valence-electron chi connectivity index (χ0n) is 35.6. The zero-order valence-corrected chi connectivity index (χ0v) is 35.6. The Hall–Kier alpha value is -0.280. The smallest absolute Gasteiger partial charge is 0.0523 e. The lowest BCUT2D eigenvalue weighted by Gasteiger charge is -2.59. The van der Waals surface area contributed by atoms with Crippen molar-refractivity contribution in [3.8, 4) is 0 Å². The summed E-state index contributed by atoms with van der Waals surface area (Å²) < 4.78 is 0. The average molecular weight is 771 g/mol. The van der Waals surface area contributed by atoms with E-state index in [0.717, 1.165) is 38.5 Å². The second-order valence-corrected chi connectivity index (χ2v) is 17.9. The Labute approximate surface area is 334 Å². The largest absolute Gasteiger partial charge is 0.396 e. The Balaban J connectivity index is 2.74. The highest BCUT2D eigenvalue weighted by Gasteiger charge is 2.63. The summed E-state index contributed by atoms with van der Waals surface area (Å²) in [4.78, 5) is 0. The van der Waals surface area contributed by atoms with E-state index < -0.39 is 61.8 Å². The first kappa shape index (κ1) is 51.7. The quantitative estimate of drug-likeness (QED) is 0.137. The molecular weight excluding hydrogens is 677 g/mol. The molecule has 0 spiro atoms. The first-order valence-corrected chi connectivity index (χ1v) is 23.8. The minimum Gasteiger partial charge on any atom is -0.396 e. The molecule has 1 rings (SSSR count). The Bertz CT molecular complexity index is 780. The van der Waals surface area contributed by atoms with Gasteiger partial charge < -0.3 is 35.7 Å². The van der Waals surface area contributed by atoms with Gasteiger partial charge in [-0.2, -0.15) is 0 Å². The van der Waals surface area contributed by atoms with Crippen molar-refractivity contribution in [3.63, 3.8) is 0 Å². The van der Waals surface area contributed by atoms with Crippen LogP contribution in [0.4, 0.5) is 0 Å². The topological polar surface area (TPSA) is 142 Å². The lowest BCUT2D eigenvalue weighted by Crippen LogP contribution is -2.66. The van der Waals surface area contributed by atoms with Crippen LogP contribution in [0, 0.1) is 22.2 Å². The zero-order chi connectivity index (χ0) is 39.5. The molecule has 0 radical (unpaired) electrons. The standard InChI is InChI=1S/C47H94O7/c48-37-44-35-33-31-29-27-25-23-21-19-17-15-13-11-9-7-5-3-1-2-4-6-8-10-12-14-16-18-20-22-24-26-28-30-32-34-36-45(38-49,39-50)47(42-53,43-54)46(44,40-51)41-52/h44,48-54H,1-43H2. The maximum absolute atomic E-state index is 11.0. The third-order valence-electron chi connectivity index (χ3n) is 14.1. The highest BCUT2D eigenvalue weighted by atomic mass is 16.3. The molecular formula is C47H94O7. The van der Waals surface area contributed by atoms with Gasteiger partial charge in [0, 0.05) is 22.9 Å². The van der Waals surface area contributed by atoms with E-state index in [0.29, 0.717) is 19.3 Å². The molecule has 1 fully saturated rings. The van der Waals surface area contributed by atoms with Gasteiger partial charge in [0.25, 0.3) is 0 Å². The minimum atomic E-state index is -1.59. The third kappa shape index (κ3) is 19.0. The Morgan fingerprint density at radius 3 is 0.722 bits per heavy atom. The van der Waals surface area contributed by atoms with Gasteiger partial charge in [-0.3, -0.25) is 0 Å². The van der Waals surface area contributed by atoms with E-state index in [9.17, 15) is 35.7 Å². The fourth-order valence-electron chi connectivity index (χ4n) is 10.0. The van der Waals surface area contributed by atoms with Crippen LogP contribution in [0.1, 0.15) is 231 Å². The molecule has 0 amide bonds. The Morgan fingerprint density at radius 2 is 0.519 bits per heavy atom. The van der Waals surface area contributed by atoms with E-state index in [4.69, 9.17) is 0 Å². The summed E-state index contributed by atoms with van der Waals surface area (Å²) in [5, 5.41) is 76.1. The summed E-state index contributed by atoms with van der Waals surface area (Å²) in [6.07, 6.45) is 44.2. The van der Waals surface area contributed by atoms with Crippen molar-refractivity contribution < 1.29 is 35.7 Å². The number of rotatable bonds is 7. The summed E-state index contributed by atoms with van der Waals surface area (Å²) >= 11 is 0. The molecule has 7 nitrogen and oxygen atoms in total. The van der Waals surface area contributed by atoms with Crippen LogP contribution in [-0.2, 0) is 0 Å². The van der Waals surface area contributed by atoms with Crippen molar-refractivity contribution in [2.24, 2.45) is 22.2 Å². The van der Waals surface area contributed by atoms with Gasteiger partial charge >= 0.3 is 0 Å². The molecule has 1 saturated carbocycles. The first-order chi connectivity index (χ1) is 26.5. The van der Waals surface area contributed by atoms with Crippen molar-refractivity contribution in [1.29, 1.82) is 0 Å². The predicted octanol–water partition coefficient (Wildman–Crippen LogP) is 10.6. The monoisotopic (exact) mass is 771 g/mol. The van der Waals surface area contributed by atoms with Crippen molar-refractivity contribution in [2.45, 2.75) is 231 Å². The average Bonchev–Trinajstić information content (AvgIpc) is 3.20. The third-order valence-corrected chi connectivity index (χ3v) is 14.1. The number of hydrogen-bond donors (Lipinski definition) is 7. The van der Waals surface area contributed by atoms with Gasteiger partial charge in [-0.05, 0) is 18.8 Å². The van der Waals surface area contributed by atoms with Crippen LogP contribution in [0.5, 0.6) is 0 Å². The molecule has 1 aliphatic carbocycles. The first-order valence-electron chi connectivity index (χ1n) is 23.8. The summed E-state index contributed by atoms with van der Waals surface area (Å²) in [7, 11) is 0. The van der Waals surface area contributed by atoms with Gasteiger partial charge in [0.2, 0.25) is 0 Å². The van der Waals surface area contributed by atoms with E-state index in [1.807, 2.05) is 0 Å². The van der Waals surface area contributed by atoms with Gasteiger partial charge in [-0.1, -0.05) is 218 Å². The highest BCUT2D eigenvalue weighted by molar-refractivity contribution is 5.10. The van der Waals surface area contributed by atoms with Crippen LogP contribution in [-0.4, -0.2) is 82.0 Å². The van der Waals surface area contributed by atoms with Gasteiger partial charge in [0.05, 0.1) is 39.6 Å². The molecule has 0 aliphatic heterocycles. The minimum absolute atomic E-state index is 0.324. The molecule has 324 valence electrons. The van der Waals surface area contributed by atoms with Gasteiger partial charge in [-0.15, -0.1) is 0 Å². The maximum atomic E-state index is 11.0. The second kappa shape index (κ2) is 34.7. The maximum Gasteiger partial charge on any atom is 0.0523 e. The van der Waals surface area contributed by atoms with Crippen LogP contribution in [0.15, 0.2) is 0 Å². The normalized spacial score (nSPS) is 25.3. The highest BCUT2D eigenvalue weighted by Crippen LogP contribution is 2.57. The van der Waals surface area contributed by atoms with Gasteiger partial charge in [0.1, 0.15) is 0 Å². The van der Waals surface area contributed by atoms with Crippen molar-refractivity contribution in [1.82, 2.24) is 0 Å². The molecule has 54 heavy (non-hydrogen) atoms. The fourth-order valence-corrected chi connectivity index (χ4v) is 10.0. The molecule has 0 bridgehead atoms. The Morgan fingerprint density at radius 1 is 0.278 bits per heavy atom.